The van der Waals surface area contributed by atoms with Gasteiger partial charge in [-0.1, -0.05) is 36.4 Å². The molecule has 132 valence electrons. The number of anilines is 1. The summed E-state index contributed by atoms with van der Waals surface area (Å²) in [6.07, 6.45) is 3.08. The summed E-state index contributed by atoms with van der Waals surface area (Å²) in [6, 6.07) is 19.3. The number of hydrogen-bond donors (Lipinski definition) is 2. The molecule has 0 fully saturated rings. The maximum absolute atomic E-state index is 12.2. The van der Waals surface area contributed by atoms with Crippen LogP contribution in [0.1, 0.15) is 15.2 Å². The molecular weight excluding hydrogens is 350 g/mol. The molecular formula is C19H17N3O3S. The van der Waals surface area contributed by atoms with Crippen LogP contribution in [0, 0.1) is 0 Å². The van der Waals surface area contributed by atoms with E-state index < -0.39 is 11.0 Å². The number of hydrogen-bond acceptors (Lipinski definition) is 3. The molecule has 0 aliphatic heterocycles. The number of carbonyl (C=O) groups excluding carboxylic acids is 2. The van der Waals surface area contributed by atoms with Gasteiger partial charge in [0.15, 0.2) is 0 Å². The van der Waals surface area contributed by atoms with Gasteiger partial charge in [-0.15, -0.1) is 0 Å². The van der Waals surface area contributed by atoms with Crippen LogP contribution in [0.5, 0.6) is 0 Å². The Morgan fingerprint density at radius 2 is 1.58 bits per heavy atom. The fraction of sp³-hybridized carbons (Fsp3) is 0.0526. The number of nitrogens with one attached hydrogen (secondary N) is 2. The van der Waals surface area contributed by atoms with Gasteiger partial charge in [0.1, 0.15) is 11.0 Å². The van der Waals surface area contributed by atoms with Crippen LogP contribution in [0.3, 0.4) is 0 Å². The van der Waals surface area contributed by atoms with Crippen LogP contribution in [0.15, 0.2) is 84.0 Å². The van der Waals surface area contributed by atoms with Crippen molar-refractivity contribution in [3.05, 3.63) is 84.7 Å². The number of carbonyl (C=O) groups is 2. The Labute approximate surface area is 153 Å². The lowest BCUT2D eigenvalue weighted by molar-refractivity contribution is 0.0918. The molecule has 0 aliphatic carbocycles. The number of nitrogens with zero attached hydrogens (tertiary/aromatic N) is 1. The lowest BCUT2D eigenvalue weighted by Crippen LogP contribution is -2.28. The molecule has 1 amide bonds. The standard InChI is InChI=1S/C19H17N3O3S/c23-18(13-20-26(25)17-9-5-2-6-10-17)22-12-11-16(14-22)21-19(24)15-7-3-1-4-8-15/h1-12,14,20H,13H2,(H,21,24). The molecule has 1 aromatic heterocycles. The maximum Gasteiger partial charge on any atom is 0.255 e. The molecule has 1 heterocycles. The van der Waals surface area contributed by atoms with Crippen LogP contribution in [-0.4, -0.2) is 27.1 Å². The fourth-order valence-corrected chi connectivity index (χ4v) is 3.09. The molecule has 2 aromatic carbocycles. The molecule has 3 aromatic rings. The normalized spacial score (nSPS) is 11.7. The van der Waals surface area contributed by atoms with Crippen LogP contribution < -0.4 is 10.0 Å². The topological polar surface area (TPSA) is 80.2 Å². The Morgan fingerprint density at radius 1 is 0.923 bits per heavy atom. The van der Waals surface area contributed by atoms with E-state index in [2.05, 4.69) is 10.0 Å². The molecule has 0 spiro atoms. The quantitative estimate of drug-likeness (QED) is 0.703. The van der Waals surface area contributed by atoms with Crippen LogP contribution in [0.2, 0.25) is 0 Å². The molecule has 7 heteroatoms. The molecule has 0 radical (unpaired) electrons. The Hall–Kier alpha value is -3.03. The molecule has 3 rings (SSSR count). The first-order valence-electron chi connectivity index (χ1n) is 7.91. The van der Waals surface area contributed by atoms with Crippen molar-refractivity contribution in [3.8, 4) is 0 Å². The van der Waals surface area contributed by atoms with E-state index in [1.54, 1.807) is 60.8 Å². The number of aromatic nitrogens is 1. The van der Waals surface area contributed by atoms with Gasteiger partial charge in [-0.2, -0.15) is 0 Å². The average Bonchev–Trinajstić information content (AvgIpc) is 3.15. The predicted molar refractivity (Wildman–Crippen MR) is 100 cm³/mol. The summed E-state index contributed by atoms with van der Waals surface area (Å²) in [5.74, 6) is -0.534. The molecule has 1 atom stereocenters. The molecule has 26 heavy (non-hydrogen) atoms. The van der Waals surface area contributed by atoms with Crippen LogP contribution in [-0.2, 0) is 11.0 Å². The van der Waals surface area contributed by atoms with Crippen molar-refractivity contribution in [1.82, 2.24) is 9.29 Å². The SMILES string of the molecule is O=C(Nc1ccn(C(=O)CNS(=O)c2ccccc2)c1)c1ccccc1. The third kappa shape index (κ3) is 4.53. The second-order valence-corrected chi connectivity index (χ2v) is 6.72. The van der Waals surface area contributed by atoms with Gasteiger partial charge in [0.05, 0.1) is 17.1 Å². The number of rotatable bonds is 6. The lowest BCUT2D eigenvalue weighted by Gasteiger charge is -2.05. The largest absolute Gasteiger partial charge is 0.321 e. The molecule has 2 N–H and O–H groups in total. The van der Waals surface area contributed by atoms with E-state index in [0.717, 1.165) is 0 Å². The van der Waals surface area contributed by atoms with Gasteiger partial charge in [0.2, 0.25) is 5.91 Å². The van der Waals surface area contributed by atoms with Gasteiger partial charge in [-0.05, 0) is 30.3 Å². The fourth-order valence-electron chi connectivity index (χ4n) is 2.26. The number of benzene rings is 2. The molecule has 1 unspecified atom stereocenters. The average molecular weight is 367 g/mol. The second kappa shape index (κ2) is 8.37. The van der Waals surface area contributed by atoms with E-state index in [9.17, 15) is 13.8 Å². The van der Waals surface area contributed by atoms with E-state index in [1.165, 1.54) is 10.8 Å². The smallest absolute Gasteiger partial charge is 0.255 e. The van der Waals surface area contributed by atoms with Crippen molar-refractivity contribution < 1.29 is 13.8 Å². The summed E-state index contributed by atoms with van der Waals surface area (Å²) in [5.41, 5.74) is 1.04. The van der Waals surface area contributed by atoms with Crippen molar-refractivity contribution >= 4 is 28.5 Å². The third-order valence-electron chi connectivity index (χ3n) is 3.59. The minimum atomic E-state index is -1.46. The van der Waals surface area contributed by atoms with Gasteiger partial charge < -0.3 is 5.32 Å². The van der Waals surface area contributed by atoms with Gasteiger partial charge in [0.25, 0.3) is 5.91 Å². The molecule has 0 saturated heterocycles. The predicted octanol–water partition coefficient (Wildman–Crippen LogP) is 2.69. The van der Waals surface area contributed by atoms with E-state index in [1.807, 2.05) is 12.1 Å². The lowest BCUT2D eigenvalue weighted by atomic mass is 10.2. The highest BCUT2D eigenvalue weighted by Gasteiger charge is 2.11. The van der Waals surface area contributed by atoms with Crippen LogP contribution >= 0.6 is 0 Å². The van der Waals surface area contributed by atoms with Gasteiger partial charge in [0, 0.05) is 18.0 Å². The highest BCUT2D eigenvalue weighted by molar-refractivity contribution is 7.83. The maximum atomic E-state index is 12.2. The Kier molecular flexibility index (Phi) is 5.73. The van der Waals surface area contributed by atoms with Gasteiger partial charge in [-0.3, -0.25) is 14.2 Å². The first-order chi connectivity index (χ1) is 12.6. The Balaban J connectivity index is 1.56. The van der Waals surface area contributed by atoms with Crippen LogP contribution in [0.25, 0.3) is 0 Å². The zero-order valence-corrected chi connectivity index (χ0v) is 14.6. The molecule has 0 aliphatic rings. The zero-order chi connectivity index (χ0) is 18.4. The Morgan fingerprint density at radius 3 is 2.27 bits per heavy atom. The first-order valence-corrected chi connectivity index (χ1v) is 9.06. The van der Waals surface area contributed by atoms with E-state index in [-0.39, 0.29) is 18.4 Å². The summed E-state index contributed by atoms with van der Waals surface area (Å²) in [4.78, 5) is 24.9. The third-order valence-corrected chi connectivity index (χ3v) is 4.69. The van der Waals surface area contributed by atoms with Crippen molar-refractivity contribution in [2.45, 2.75) is 4.90 Å². The summed E-state index contributed by atoms with van der Waals surface area (Å²) in [6.45, 7) is -0.0950. The van der Waals surface area contributed by atoms with E-state index in [0.29, 0.717) is 16.1 Å². The minimum Gasteiger partial charge on any atom is -0.321 e. The first kappa shape index (κ1) is 17.8. The summed E-state index contributed by atoms with van der Waals surface area (Å²) in [5, 5.41) is 2.73. The van der Waals surface area contributed by atoms with Crippen molar-refractivity contribution in [2.24, 2.45) is 0 Å². The van der Waals surface area contributed by atoms with Crippen LogP contribution in [0.4, 0.5) is 5.69 Å². The highest BCUT2D eigenvalue weighted by atomic mass is 32.2. The molecule has 0 saturated carbocycles. The van der Waals surface area contributed by atoms with Gasteiger partial charge in [-0.25, -0.2) is 8.93 Å². The van der Waals surface area contributed by atoms with Gasteiger partial charge >= 0.3 is 0 Å². The van der Waals surface area contributed by atoms with Crippen molar-refractivity contribution in [1.29, 1.82) is 0 Å². The zero-order valence-electron chi connectivity index (χ0n) is 13.8. The summed E-state index contributed by atoms with van der Waals surface area (Å²) in [7, 11) is -1.46. The van der Waals surface area contributed by atoms with Crippen molar-refractivity contribution in [3.63, 3.8) is 0 Å². The molecule has 6 nitrogen and oxygen atoms in total. The second-order valence-electron chi connectivity index (χ2n) is 5.42. The van der Waals surface area contributed by atoms with E-state index >= 15 is 0 Å². The van der Waals surface area contributed by atoms with E-state index in [4.69, 9.17) is 0 Å². The van der Waals surface area contributed by atoms with Crippen molar-refractivity contribution in [2.75, 3.05) is 11.9 Å². The molecule has 0 bridgehead atoms. The highest BCUT2D eigenvalue weighted by Crippen LogP contribution is 2.10. The Bertz CT molecular complexity index is 923. The monoisotopic (exact) mass is 367 g/mol. The number of amides is 1. The minimum absolute atomic E-state index is 0.0950. The summed E-state index contributed by atoms with van der Waals surface area (Å²) < 4.78 is 16.1. The summed E-state index contributed by atoms with van der Waals surface area (Å²) >= 11 is 0.